The second-order valence-corrected chi connectivity index (χ2v) is 6.36. The summed E-state index contributed by atoms with van der Waals surface area (Å²) >= 11 is 0. The molecule has 128 valence electrons. The van der Waals surface area contributed by atoms with Crippen molar-refractivity contribution in [1.82, 2.24) is 4.90 Å². The fraction of sp³-hybridized carbons (Fsp3) is 0.611. The first-order valence-electron chi connectivity index (χ1n) is 8.57. The zero-order valence-electron chi connectivity index (χ0n) is 14.6. The van der Waals surface area contributed by atoms with Crippen LogP contribution in [0.2, 0.25) is 0 Å². The molecule has 5 nitrogen and oxygen atoms in total. The lowest BCUT2D eigenvalue weighted by Gasteiger charge is -2.36. The topological polar surface area (TPSA) is 62.9 Å². The van der Waals surface area contributed by atoms with E-state index < -0.39 is 0 Å². The summed E-state index contributed by atoms with van der Waals surface area (Å²) in [6, 6.07) is 8.69. The molecule has 0 bridgehead atoms. The summed E-state index contributed by atoms with van der Waals surface area (Å²) in [4.78, 5) is 7.03. The van der Waals surface area contributed by atoms with E-state index in [1.807, 2.05) is 12.1 Å². The number of rotatable bonds is 6. The van der Waals surface area contributed by atoms with Crippen molar-refractivity contribution in [1.29, 1.82) is 0 Å². The molecule has 1 aliphatic heterocycles. The predicted molar refractivity (Wildman–Crippen MR) is 97.0 cm³/mol. The van der Waals surface area contributed by atoms with E-state index in [-0.39, 0.29) is 0 Å². The summed E-state index contributed by atoms with van der Waals surface area (Å²) in [5.74, 6) is 1.02. The third kappa shape index (κ3) is 5.52. The number of nitrogens with zero attached hydrogens (tertiary/aromatic N) is 2. The maximum Gasteiger partial charge on any atom is 0.193 e. The van der Waals surface area contributed by atoms with Gasteiger partial charge >= 0.3 is 0 Å². The summed E-state index contributed by atoms with van der Waals surface area (Å²) in [5.41, 5.74) is 8.36. The molecule has 1 unspecified atom stereocenters. The van der Waals surface area contributed by atoms with Crippen molar-refractivity contribution in [2.75, 3.05) is 38.2 Å². The van der Waals surface area contributed by atoms with Crippen LogP contribution in [0.25, 0.3) is 0 Å². The Bertz CT molecular complexity index is 509. The van der Waals surface area contributed by atoms with Gasteiger partial charge in [0.15, 0.2) is 5.96 Å². The van der Waals surface area contributed by atoms with Crippen LogP contribution in [0.5, 0.6) is 0 Å². The third-order valence-electron chi connectivity index (χ3n) is 4.34. The van der Waals surface area contributed by atoms with Gasteiger partial charge in [-0.3, -0.25) is 9.89 Å². The quantitative estimate of drug-likeness (QED) is 0.624. The van der Waals surface area contributed by atoms with Crippen LogP contribution >= 0.6 is 0 Å². The zero-order valence-corrected chi connectivity index (χ0v) is 14.6. The minimum Gasteiger partial charge on any atom is -0.379 e. The van der Waals surface area contributed by atoms with Crippen LogP contribution in [0.15, 0.2) is 29.3 Å². The van der Waals surface area contributed by atoms with Gasteiger partial charge in [-0.25, -0.2) is 0 Å². The standard InChI is InChI=1S/C18H30N4O/c1-4-15-6-5-7-16(12-15)21-18(19)20-13-17(14(2)3)22-8-10-23-11-9-22/h5-7,12,14,17H,4,8-11,13H2,1-3H3,(H3,19,20,21). The van der Waals surface area contributed by atoms with Crippen LogP contribution in [0.4, 0.5) is 5.69 Å². The Kier molecular flexibility index (Phi) is 6.86. The maximum atomic E-state index is 6.07. The Morgan fingerprint density at radius 2 is 2.09 bits per heavy atom. The molecule has 1 aromatic rings. The van der Waals surface area contributed by atoms with Crippen molar-refractivity contribution in [2.45, 2.75) is 33.2 Å². The number of aryl methyl sites for hydroxylation is 1. The smallest absolute Gasteiger partial charge is 0.193 e. The number of hydrogen-bond donors (Lipinski definition) is 2. The van der Waals surface area contributed by atoms with Crippen molar-refractivity contribution in [3.8, 4) is 0 Å². The molecule has 1 fully saturated rings. The van der Waals surface area contributed by atoms with Crippen LogP contribution in [0, 0.1) is 5.92 Å². The molecule has 0 aliphatic carbocycles. The Balaban J connectivity index is 1.95. The number of nitrogens with two attached hydrogens (primary N) is 1. The van der Waals surface area contributed by atoms with E-state index in [0.29, 0.717) is 24.5 Å². The molecule has 0 aromatic heterocycles. The largest absolute Gasteiger partial charge is 0.379 e. The number of morpholine rings is 1. The molecule has 1 aliphatic rings. The van der Waals surface area contributed by atoms with E-state index in [9.17, 15) is 0 Å². The van der Waals surface area contributed by atoms with E-state index in [0.717, 1.165) is 38.4 Å². The Morgan fingerprint density at radius 1 is 1.35 bits per heavy atom. The molecular weight excluding hydrogens is 288 g/mol. The predicted octanol–water partition coefficient (Wildman–Crippen LogP) is 2.33. The van der Waals surface area contributed by atoms with E-state index in [1.165, 1.54) is 5.56 Å². The highest BCUT2D eigenvalue weighted by molar-refractivity contribution is 5.92. The van der Waals surface area contributed by atoms with E-state index in [2.05, 4.69) is 48.1 Å². The van der Waals surface area contributed by atoms with Crippen molar-refractivity contribution in [3.05, 3.63) is 29.8 Å². The molecule has 1 heterocycles. The second kappa shape index (κ2) is 8.89. The summed E-state index contributed by atoms with van der Waals surface area (Å²) in [6.45, 7) is 10.9. The highest BCUT2D eigenvalue weighted by Gasteiger charge is 2.23. The third-order valence-corrected chi connectivity index (χ3v) is 4.34. The minimum absolute atomic E-state index is 0.404. The molecule has 0 radical (unpaired) electrons. The van der Waals surface area contributed by atoms with Gasteiger partial charge in [0.05, 0.1) is 19.8 Å². The highest BCUT2D eigenvalue weighted by atomic mass is 16.5. The molecule has 0 spiro atoms. The van der Waals surface area contributed by atoms with Crippen LogP contribution in [-0.2, 0) is 11.2 Å². The number of anilines is 1. The summed E-state index contributed by atoms with van der Waals surface area (Å²) in [5, 5.41) is 3.20. The van der Waals surface area contributed by atoms with Gasteiger partial charge in [0.2, 0.25) is 0 Å². The number of ether oxygens (including phenoxy) is 1. The molecular formula is C18H30N4O. The lowest BCUT2D eigenvalue weighted by molar-refractivity contribution is 0.00870. The maximum absolute atomic E-state index is 6.07. The van der Waals surface area contributed by atoms with Crippen molar-refractivity contribution >= 4 is 11.6 Å². The zero-order chi connectivity index (χ0) is 16.7. The van der Waals surface area contributed by atoms with Gasteiger partial charge in [0.1, 0.15) is 0 Å². The molecule has 5 heteroatoms. The summed E-state index contributed by atoms with van der Waals surface area (Å²) in [7, 11) is 0. The molecule has 1 saturated heterocycles. The van der Waals surface area contributed by atoms with Gasteiger partial charge in [-0.15, -0.1) is 0 Å². The molecule has 0 saturated carbocycles. The van der Waals surface area contributed by atoms with Gasteiger partial charge in [-0.05, 0) is 30.0 Å². The number of aliphatic imine (C=N–C) groups is 1. The highest BCUT2D eigenvalue weighted by Crippen LogP contribution is 2.14. The van der Waals surface area contributed by atoms with Crippen molar-refractivity contribution < 1.29 is 4.74 Å². The van der Waals surface area contributed by atoms with E-state index in [4.69, 9.17) is 10.5 Å². The first-order valence-corrected chi connectivity index (χ1v) is 8.57. The summed E-state index contributed by atoms with van der Waals surface area (Å²) < 4.78 is 5.44. The van der Waals surface area contributed by atoms with Crippen molar-refractivity contribution in [2.24, 2.45) is 16.6 Å². The molecule has 3 N–H and O–H groups in total. The van der Waals surface area contributed by atoms with Gasteiger partial charge < -0.3 is 15.8 Å². The van der Waals surface area contributed by atoms with Crippen LogP contribution in [0.1, 0.15) is 26.3 Å². The average molecular weight is 318 g/mol. The Labute approximate surface area is 139 Å². The normalized spacial score (nSPS) is 18.2. The molecule has 1 aromatic carbocycles. The van der Waals surface area contributed by atoms with Crippen LogP contribution < -0.4 is 11.1 Å². The molecule has 0 amide bonds. The average Bonchev–Trinajstić information content (AvgIpc) is 2.56. The molecule has 2 rings (SSSR count). The number of guanidine groups is 1. The first kappa shape index (κ1) is 17.8. The Morgan fingerprint density at radius 3 is 2.74 bits per heavy atom. The number of benzene rings is 1. The van der Waals surface area contributed by atoms with Crippen molar-refractivity contribution in [3.63, 3.8) is 0 Å². The van der Waals surface area contributed by atoms with Gasteiger partial charge in [0, 0.05) is 24.8 Å². The van der Waals surface area contributed by atoms with Crippen LogP contribution in [0.3, 0.4) is 0 Å². The van der Waals surface area contributed by atoms with Crippen LogP contribution in [-0.4, -0.2) is 49.7 Å². The SMILES string of the molecule is CCc1cccc(NC(N)=NCC(C(C)C)N2CCOCC2)c1. The van der Waals surface area contributed by atoms with E-state index >= 15 is 0 Å². The van der Waals surface area contributed by atoms with E-state index in [1.54, 1.807) is 0 Å². The fourth-order valence-corrected chi connectivity index (χ4v) is 2.91. The molecule has 1 atom stereocenters. The lowest BCUT2D eigenvalue weighted by Crippen LogP contribution is -2.47. The second-order valence-electron chi connectivity index (χ2n) is 6.36. The fourth-order valence-electron chi connectivity index (χ4n) is 2.91. The minimum atomic E-state index is 0.404. The Hall–Kier alpha value is -1.59. The monoisotopic (exact) mass is 318 g/mol. The van der Waals surface area contributed by atoms with Gasteiger partial charge in [-0.2, -0.15) is 0 Å². The summed E-state index contributed by atoms with van der Waals surface area (Å²) in [6.07, 6.45) is 1.01. The number of nitrogens with one attached hydrogen (secondary N) is 1. The number of hydrogen-bond acceptors (Lipinski definition) is 3. The first-order chi connectivity index (χ1) is 11.1. The molecule has 23 heavy (non-hydrogen) atoms. The lowest BCUT2D eigenvalue weighted by atomic mass is 10.0. The van der Waals surface area contributed by atoms with Gasteiger partial charge in [0.25, 0.3) is 0 Å². The van der Waals surface area contributed by atoms with Gasteiger partial charge in [-0.1, -0.05) is 32.9 Å².